The van der Waals surface area contributed by atoms with Crippen LogP contribution >= 0.6 is 11.6 Å². The largest absolute Gasteiger partial charge is 0.496 e. The summed E-state index contributed by atoms with van der Waals surface area (Å²) >= 11 is 6.13. The van der Waals surface area contributed by atoms with Crippen LogP contribution in [0.5, 0.6) is 5.75 Å². The standard InChI is InChI=1S/C21H14ClN5O2S/c1-29-19-11-18(22)14(12-23)10-17(19)20-16-4-3-15(9-13(16)5-8-24-20)30(28)27-21-25-6-2-7-26-21/h2-11H,1H3,(H,25,26,27). The number of ether oxygens (including phenoxy) is 1. The summed E-state index contributed by atoms with van der Waals surface area (Å²) in [6, 6.07) is 14.2. The maximum absolute atomic E-state index is 12.7. The van der Waals surface area contributed by atoms with Crippen LogP contribution in [-0.4, -0.2) is 26.3 Å². The van der Waals surface area contributed by atoms with Crippen molar-refractivity contribution in [2.45, 2.75) is 4.90 Å². The molecule has 0 amide bonds. The fraction of sp³-hybridized carbons (Fsp3) is 0.0476. The van der Waals surface area contributed by atoms with E-state index in [-0.39, 0.29) is 5.95 Å². The molecule has 2 aromatic heterocycles. The van der Waals surface area contributed by atoms with Gasteiger partial charge in [0.05, 0.1) is 28.3 Å². The lowest BCUT2D eigenvalue weighted by Crippen LogP contribution is -2.07. The van der Waals surface area contributed by atoms with Crippen molar-refractivity contribution in [1.29, 1.82) is 5.26 Å². The maximum atomic E-state index is 12.7. The minimum atomic E-state index is -1.54. The number of halogens is 1. The Bertz CT molecular complexity index is 1310. The average Bonchev–Trinajstić information content (AvgIpc) is 2.78. The number of aromatic nitrogens is 3. The summed E-state index contributed by atoms with van der Waals surface area (Å²) in [6.07, 6.45) is 4.79. The first-order valence-corrected chi connectivity index (χ1v) is 10.3. The Morgan fingerprint density at radius 3 is 2.63 bits per heavy atom. The minimum Gasteiger partial charge on any atom is -0.496 e. The number of benzene rings is 2. The van der Waals surface area contributed by atoms with Crippen molar-refractivity contribution < 1.29 is 8.95 Å². The smallest absolute Gasteiger partial charge is 0.234 e. The van der Waals surface area contributed by atoms with Gasteiger partial charge in [-0.05, 0) is 35.7 Å². The zero-order chi connectivity index (χ0) is 21.1. The molecule has 0 aliphatic rings. The van der Waals surface area contributed by atoms with E-state index in [0.29, 0.717) is 32.5 Å². The van der Waals surface area contributed by atoms with E-state index in [1.165, 1.54) is 7.11 Å². The minimum absolute atomic E-state index is 0.279. The molecule has 1 atom stereocenters. The van der Waals surface area contributed by atoms with Crippen LogP contribution in [0.1, 0.15) is 5.56 Å². The number of hydrogen-bond donors (Lipinski definition) is 1. The van der Waals surface area contributed by atoms with Crippen LogP contribution in [-0.2, 0) is 11.0 Å². The molecule has 0 fully saturated rings. The van der Waals surface area contributed by atoms with Gasteiger partial charge in [0.15, 0.2) is 11.0 Å². The number of fused-ring (bicyclic) bond motifs is 1. The lowest BCUT2D eigenvalue weighted by Gasteiger charge is -2.12. The van der Waals surface area contributed by atoms with Gasteiger partial charge in [0.2, 0.25) is 5.95 Å². The summed E-state index contributed by atoms with van der Waals surface area (Å²) in [6.45, 7) is 0. The van der Waals surface area contributed by atoms with Crippen molar-refractivity contribution in [3.63, 3.8) is 0 Å². The van der Waals surface area contributed by atoms with E-state index in [1.54, 1.807) is 48.9 Å². The van der Waals surface area contributed by atoms with Crippen LogP contribution in [0.4, 0.5) is 5.95 Å². The number of rotatable bonds is 5. The fourth-order valence-corrected chi connectivity index (χ4v) is 3.98. The second-order valence-electron chi connectivity index (χ2n) is 6.13. The molecule has 0 saturated heterocycles. The normalized spacial score (nSPS) is 11.6. The van der Waals surface area contributed by atoms with Gasteiger partial charge in [-0.3, -0.25) is 9.71 Å². The third kappa shape index (κ3) is 3.81. The highest BCUT2D eigenvalue weighted by molar-refractivity contribution is 7.86. The van der Waals surface area contributed by atoms with Gasteiger partial charge in [0.25, 0.3) is 0 Å². The average molecular weight is 436 g/mol. The van der Waals surface area contributed by atoms with E-state index in [9.17, 15) is 9.47 Å². The van der Waals surface area contributed by atoms with Crippen LogP contribution < -0.4 is 9.46 Å². The molecular formula is C21H14ClN5O2S. The molecule has 0 saturated carbocycles. The third-order valence-electron chi connectivity index (χ3n) is 4.36. The highest BCUT2D eigenvalue weighted by Gasteiger charge is 2.16. The first-order valence-electron chi connectivity index (χ1n) is 8.73. The number of methoxy groups -OCH3 is 1. The summed E-state index contributed by atoms with van der Waals surface area (Å²) in [7, 11) is -0.00364. The van der Waals surface area contributed by atoms with Gasteiger partial charge in [0, 0.05) is 35.6 Å². The third-order valence-corrected chi connectivity index (χ3v) is 5.73. The van der Waals surface area contributed by atoms with E-state index in [1.807, 2.05) is 12.1 Å². The maximum Gasteiger partial charge on any atom is 0.234 e. The van der Waals surface area contributed by atoms with Crippen LogP contribution in [0.15, 0.2) is 66.0 Å². The molecule has 2 aromatic carbocycles. The monoisotopic (exact) mass is 435 g/mol. The summed E-state index contributed by atoms with van der Waals surface area (Å²) in [5.41, 5.74) is 1.61. The molecule has 0 spiro atoms. The van der Waals surface area contributed by atoms with Crippen molar-refractivity contribution >= 4 is 39.3 Å². The quantitative estimate of drug-likeness (QED) is 0.499. The van der Waals surface area contributed by atoms with Crippen molar-refractivity contribution in [2.75, 3.05) is 11.8 Å². The lowest BCUT2D eigenvalue weighted by molar-refractivity contribution is 0.416. The Labute approximate surface area is 179 Å². The molecule has 9 heteroatoms. The summed E-state index contributed by atoms with van der Waals surface area (Å²) < 4.78 is 20.9. The number of nitriles is 1. The summed E-state index contributed by atoms with van der Waals surface area (Å²) in [5, 5.41) is 11.3. The first kappa shape index (κ1) is 19.8. The molecule has 0 aliphatic carbocycles. The number of nitrogens with zero attached hydrogens (tertiary/aromatic N) is 4. The van der Waals surface area contributed by atoms with Crippen LogP contribution in [0, 0.1) is 11.3 Å². The molecule has 2 heterocycles. The van der Waals surface area contributed by atoms with Crippen LogP contribution in [0.2, 0.25) is 5.02 Å². The summed E-state index contributed by atoms with van der Waals surface area (Å²) in [4.78, 5) is 13.1. The zero-order valence-electron chi connectivity index (χ0n) is 15.7. The number of hydrogen-bond acceptors (Lipinski definition) is 6. The first-order chi connectivity index (χ1) is 14.6. The molecule has 0 bridgehead atoms. The molecule has 1 unspecified atom stereocenters. The molecular weight excluding hydrogens is 422 g/mol. The molecule has 1 N–H and O–H groups in total. The van der Waals surface area contributed by atoms with Crippen LogP contribution in [0.3, 0.4) is 0 Å². The van der Waals surface area contributed by atoms with E-state index in [2.05, 4.69) is 25.7 Å². The second-order valence-corrected chi connectivity index (χ2v) is 7.75. The van der Waals surface area contributed by atoms with Gasteiger partial charge in [-0.15, -0.1) is 0 Å². The van der Waals surface area contributed by atoms with Gasteiger partial charge in [-0.1, -0.05) is 17.7 Å². The highest BCUT2D eigenvalue weighted by atomic mass is 35.5. The van der Waals surface area contributed by atoms with Gasteiger partial charge in [-0.25, -0.2) is 14.2 Å². The van der Waals surface area contributed by atoms with Gasteiger partial charge >= 0.3 is 0 Å². The van der Waals surface area contributed by atoms with Crippen LogP contribution in [0.25, 0.3) is 22.0 Å². The predicted molar refractivity (Wildman–Crippen MR) is 116 cm³/mol. The zero-order valence-corrected chi connectivity index (χ0v) is 17.2. The molecule has 148 valence electrons. The highest BCUT2D eigenvalue weighted by Crippen LogP contribution is 2.37. The van der Waals surface area contributed by atoms with Gasteiger partial charge in [0.1, 0.15) is 11.8 Å². The summed E-state index contributed by atoms with van der Waals surface area (Å²) in [5.74, 6) is 0.788. The van der Waals surface area contributed by atoms with E-state index >= 15 is 0 Å². The molecule has 7 nitrogen and oxygen atoms in total. The van der Waals surface area contributed by atoms with Crippen molar-refractivity contribution in [1.82, 2.24) is 15.0 Å². The predicted octanol–water partition coefficient (Wildman–Crippen LogP) is 4.36. The van der Waals surface area contributed by atoms with Crippen molar-refractivity contribution in [2.24, 2.45) is 0 Å². The Balaban J connectivity index is 1.78. The molecule has 0 aliphatic heterocycles. The molecule has 4 aromatic rings. The van der Waals surface area contributed by atoms with E-state index in [4.69, 9.17) is 16.3 Å². The Kier molecular flexibility index (Phi) is 5.57. The SMILES string of the molecule is COc1cc(Cl)c(C#N)cc1-c1nccc2cc(S(=O)Nc3ncccn3)ccc12. The van der Waals surface area contributed by atoms with Crippen molar-refractivity contribution in [3.8, 4) is 23.1 Å². The number of nitrogens with one attached hydrogen (secondary N) is 1. The topological polar surface area (TPSA) is 101 Å². The Hall–Kier alpha value is -3.54. The number of anilines is 1. The van der Waals surface area contributed by atoms with Gasteiger partial charge in [-0.2, -0.15) is 5.26 Å². The molecule has 0 radical (unpaired) electrons. The Morgan fingerprint density at radius 2 is 1.90 bits per heavy atom. The van der Waals surface area contributed by atoms with E-state index in [0.717, 1.165) is 10.8 Å². The second kappa shape index (κ2) is 8.45. The van der Waals surface area contributed by atoms with E-state index < -0.39 is 11.0 Å². The lowest BCUT2D eigenvalue weighted by atomic mass is 10.0. The van der Waals surface area contributed by atoms with Gasteiger partial charge < -0.3 is 4.74 Å². The fourth-order valence-electron chi connectivity index (χ4n) is 2.97. The Morgan fingerprint density at radius 1 is 1.10 bits per heavy atom. The molecule has 4 rings (SSSR count). The molecule has 30 heavy (non-hydrogen) atoms. The number of pyridine rings is 1. The van der Waals surface area contributed by atoms with Crippen molar-refractivity contribution in [3.05, 3.63) is 71.6 Å².